The summed E-state index contributed by atoms with van der Waals surface area (Å²) in [6.45, 7) is 5.86. The molecule has 1 fully saturated rings. The van der Waals surface area contributed by atoms with Crippen LogP contribution in [0.3, 0.4) is 0 Å². The first-order valence-electron chi connectivity index (χ1n) is 3.27. The van der Waals surface area contributed by atoms with Gasteiger partial charge in [0, 0.05) is 29.0 Å². The lowest BCUT2D eigenvalue weighted by Gasteiger charge is -2.31. The average Bonchev–Trinajstić information content (AvgIpc) is 1.80. The minimum absolute atomic E-state index is 0.731. The van der Waals surface area contributed by atoms with Crippen LogP contribution in [0.15, 0.2) is 0 Å². The number of rotatable bonds is 0. The van der Waals surface area contributed by atoms with Gasteiger partial charge in [-0.3, -0.25) is 4.67 Å². The van der Waals surface area contributed by atoms with E-state index in [4.69, 9.17) is 0 Å². The molecule has 0 amide bonds. The van der Waals surface area contributed by atoms with E-state index in [0.29, 0.717) is 0 Å². The molecule has 9 heavy (non-hydrogen) atoms. The lowest BCUT2D eigenvalue weighted by atomic mass is 10.3. The van der Waals surface area contributed by atoms with Gasteiger partial charge in [-0.1, -0.05) is 9.39 Å². The van der Waals surface area contributed by atoms with Gasteiger partial charge >= 0.3 is 0 Å². The van der Waals surface area contributed by atoms with Crippen LogP contribution in [0.4, 0.5) is 0 Å². The lowest BCUT2D eigenvalue weighted by Crippen LogP contribution is -2.43. The number of hydrogen-bond donors (Lipinski definition) is 0. The molecule has 54 valence electrons. The maximum Gasteiger partial charge on any atom is 0.0539 e. The molecule has 0 aromatic carbocycles. The average molecular weight is 165 g/mol. The van der Waals surface area contributed by atoms with Gasteiger partial charge < -0.3 is 0 Å². The summed E-state index contributed by atoms with van der Waals surface area (Å²) in [5.41, 5.74) is 0. The van der Waals surface area contributed by atoms with E-state index in [0.717, 1.165) is 6.04 Å². The lowest BCUT2D eigenvalue weighted by molar-refractivity contribution is 0.238. The van der Waals surface area contributed by atoms with Crippen LogP contribution >= 0.6 is 18.8 Å². The zero-order valence-electron chi connectivity index (χ0n) is 5.88. The Hall–Kier alpha value is 0.780. The second-order valence-electron chi connectivity index (χ2n) is 2.66. The largest absolute Gasteiger partial charge is 0.284 e. The first kappa shape index (κ1) is 7.88. The molecule has 0 N–H and O–H groups in total. The Morgan fingerprint density at radius 2 is 2.22 bits per heavy atom. The third-order valence-electron chi connectivity index (χ3n) is 1.80. The van der Waals surface area contributed by atoms with Crippen LogP contribution in [0.2, 0.25) is 0 Å². The van der Waals surface area contributed by atoms with E-state index in [1.165, 1.54) is 19.6 Å². The standard InChI is InChI=1S/C5H14N2P2/c1-5-4-6(8)2-3-7(5)9/h5H,2-4,8-9H2,1H3/p+1. The zero-order chi connectivity index (χ0) is 6.85. The van der Waals surface area contributed by atoms with Crippen LogP contribution < -0.4 is 0 Å². The second kappa shape index (κ2) is 3.25. The highest BCUT2D eigenvalue weighted by Gasteiger charge is 2.20. The van der Waals surface area contributed by atoms with Crippen LogP contribution in [-0.2, 0) is 0 Å². The number of piperazine rings is 1. The van der Waals surface area contributed by atoms with E-state index >= 15 is 0 Å². The molecule has 0 saturated carbocycles. The van der Waals surface area contributed by atoms with Gasteiger partial charge in [0.1, 0.15) is 0 Å². The first-order chi connectivity index (χ1) is 4.20. The molecule has 2 nitrogen and oxygen atoms in total. The Morgan fingerprint density at radius 1 is 1.56 bits per heavy atom. The van der Waals surface area contributed by atoms with Crippen molar-refractivity contribution < 1.29 is 0 Å². The van der Waals surface area contributed by atoms with Crippen molar-refractivity contribution in [2.24, 2.45) is 0 Å². The molecular formula is C5H15N2P2+. The molecule has 0 aromatic rings. The molecule has 0 radical (unpaired) electrons. The van der Waals surface area contributed by atoms with Crippen molar-refractivity contribution in [1.82, 2.24) is 9.34 Å². The first-order valence-corrected chi connectivity index (χ1v) is 4.42. The molecule has 1 aliphatic heterocycles. The van der Waals surface area contributed by atoms with Gasteiger partial charge in [-0.15, -0.1) is 0 Å². The molecule has 3 unspecified atom stereocenters. The summed E-state index contributed by atoms with van der Waals surface area (Å²) in [5.74, 6) is 0. The minimum Gasteiger partial charge on any atom is -0.284 e. The van der Waals surface area contributed by atoms with Gasteiger partial charge in [0.15, 0.2) is 0 Å². The van der Waals surface area contributed by atoms with Crippen molar-refractivity contribution in [2.75, 3.05) is 19.6 Å². The van der Waals surface area contributed by atoms with Crippen molar-refractivity contribution in [2.45, 2.75) is 13.0 Å². The Labute approximate surface area is 61.5 Å². The zero-order valence-corrected chi connectivity index (χ0v) is 8.45. The Bertz CT molecular complexity index is 99.0. The highest BCUT2D eigenvalue weighted by Crippen LogP contribution is 2.15. The Kier molecular flexibility index (Phi) is 2.85. The molecule has 1 heterocycles. The van der Waals surface area contributed by atoms with Crippen LogP contribution in [0.5, 0.6) is 0 Å². The molecule has 0 bridgehead atoms. The smallest absolute Gasteiger partial charge is 0.0539 e. The van der Waals surface area contributed by atoms with Gasteiger partial charge in [-0.2, -0.15) is 4.67 Å². The van der Waals surface area contributed by atoms with E-state index in [-0.39, 0.29) is 0 Å². The molecule has 0 aromatic heterocycles. The highest BCUT2D eigenvalue weighted by atomic mass is 31.0. The molecule has 4 heteroatoms. The van der Waals surface area contributed by atoms with Gasteiger partial charge in [0.05, 0.1) is 6.04 Å². The van der Waals surface area contributed by atoms with Gasteiger partial charge in [-0.25, -0.2) is 0 Å². The van der Waals surface area contributed by atoms with Gasteiger partial charge in [0.25, 0.3) is 0 Å². The Balaban J connectivity index is 2.35. The van der Waals surface area contributed by atoms with E-state index in [1.54, 1.807) is 0 Å². The summed E-state index contributed by atoms with van der Waals surface area (Å²) in [7, 11) is 4.75. The summed E-state index contributed by atoms with van der Waals surface area (Å²) in [6.07, 6.45) is 0. The van der Waals surface area contributed by atoms with E-state index in [1.807, 2.05) is 9.39 Å². The van der Waals surface area contributed by atoms with Crippen molar-refractivity contribution in [3.8, 4) is 0 Å². The predicted molar refractivity (Wildman–Crippen MR) is 48.6 cm³/mol. The van der Waals surface area contributed by atoms with E-state index < -0.39 is 0 Å². The van der Waals surface area contributed by atoms with Crippen LogP contribution in [0.1, 0.15) is 6.92 Å². The molecule has 1 aliphatic rings. The number of nitrogens with zero attached hydrogens (tertiary/aromatic N) is 2. The molecule has 0 aliphatic carbocycles. The monoisotopic (exact) mass is 165 g/mol. The third-order valence-corrected chi connectivity index (χ3v) is 3.21. The Morgan fingerprint density at radius 3 is 2.67 bits per heavy atom. The fraction of sp³-hybridized carbons (Fsp3) is 1.00. The van der Waals surface area contributed by atoms with Crippen molar-refractivity contribution >= 4 is 18.8 Å². The summed E-state index contributed by atoms with van der Waals surface area (Å²) in [5, 5.41) is 0. The molecule has 0 spiro atoms. The summed E-state index contributed by atoms with van der Waals surface area (Å²) >= 11 is 0. The maximum absolute atomic E-state index is 2.76. The SMILES string of the molecule is CC1CN(P)CCN1[PH3+]. The molecule has 1 rings (SSSR count). The molecular weight excluding hydrogens is 150 g/mol. The quantitative estimate of drug-likeness (QED) is 0.476. The van der Waals surface area contributed by atoms with Crippen LogP contribution in [0, 0.1) is 0 Å². The maximum atomic E-state index is 2.76. The van der Waals surface area contributed by atoms with Crippen molar-refractivity contribution in [1.29, 1.82) is 0 Å². The van der Waals surface area contributed by atoms with Gasteiger partial charge in [0.2, 0.25) is 0 Å². The summed E-state index contributed by atoms with van der Waals surface area (Å²) in [4.78, 5) is 0. The van der Waals surface area contributed by atoms with E-state index in [9.17, 15) is 0 Å². The third kappa shape index (κ3) is 2.13. The predicted octanol–water partition coefficient (Wildman–Crippen LogP) is 0.305. The second-order valence-corrected chi connectivity index (χ2v) is 4.20. The fourth-order valence-electron chi connectivity index (χ4n) is 1.02. The fourth-order valence-corrected chi connectivity index (χ4v) is 1.70. The molecule has 1 saturated heterocycles. The minimum atomic E-state index is 0.731. The van der Waals surface area contributed by atoms with Crippen molar-refractivity contribution in [3.05, 3.63) is 0 Å². The van der Waals surface area contributed by atoms with E-state index in [2.05, 4.69) is 25.7 Å². The summed E-state index contributed by atoms with van der Waals surface area (Å²) < 4.78 is 4.72. The molecule has 3 atom stereocenters. The van der Waals surface area contributed by atoms with Crippen LogP contribution in [-0.4, -0.2) is 35.0 Å². The van der Waals surface area contributed by atoms with Gasteiger partial charge in [-0.05, 0) is 6.92 Å². The van der Waals surface area contributed by atoms with Crippen molar-refractivity contribution in [3.63, 3.8) is 0 Å². The normalized spacial score (nSPS) is 33.3. The highest BCUT2D eigenvalue weighted by molar-refractivity contribution is 7.14. The van der Waals surface area contributed by atoms with Crippen LogP contribution in [0.25, 0.3) is 0 Å². The topological polar surface area (TPSA) is 6.48 Å². The summed E-state index contributed by atoms with van der Waals surface area (Å²) in [6, 6.07) is 0.731. The number of hydrogen-bond acceptors (Lipinski definition) is 2.